The molecule has 66 valence electrons. The summed E-state index contributed by atoms with van der Waals surface area (Å²) in [6.07, 6.45) is 2.74. The van der Waals surface area contributed by atoms with Crippen LogP contribution in [0.4, 0.5) is 0 Å². The Morgan fingerprint density at radius 1 is 1.58 bits per heavy atom. The molecule has 0 bridgehead atoms. The maximum atomic E-state index is 10.3. The molecule has 0 heterocycles. The van der Waals surface area contributed by atoms with Gasteiger partial charge in [0, 0.05) is 0 Å². The molecule has 0 saturated heterocycles. The molecule has 0 aliphatic heterocycles. The van der Waals surface area contributed by atoms with Crippen LogP contribution in [0.25, 0.3) is 0 Å². The third kappa shape index (κ3) is 1.81. The van der Waals surface area contributed by atoms with Gasteiger partial charge in [0.25, 0.3) is 0 Å². The van der Waals surface area contributed by atoms with Crippen molar-refractivity contribution in [2.24, 2.45) is 5.18 Å². The normalized spacial score (nSPS) is 24.0. The summed E-state index contributed by atoms with van der Waals surface area (Å²) in [5.41, 5.74) is 3.77. The third-order valence-corrected chi connectivity index (χ3v) is 2.47. The fourth-order valence-electron chi connectivity index (χ4n) is 1.55. The Morgan fingerprint density at radius 2 is 2.25 bits per heavy atom. The van der Waals surface area contributed by atoms with E-state index in [2.05, 4.69) is 25.6 Å². The molecule has 1 aliphatic rings. The first-order valence-corrected chi connectivity index (χ1v) is 4.30. The molecule has 0 N–H and O–H groups in total. The molecule has 1 unspecified atom stereocenters. The van der Waals surface area contributed by atoms with Crippen LogP contribution in [0.15, 0.2) is 28.5 Å². The fraction of sp³-hybridized carbons (Fsp3) is 0.600. The summed E-state index contributed by atoms with van der Waals surface area (Å²) in [6, 6.07) is -0.131. The van der Waals surface area contributed by atoms with Gasteiger partial charge < -0.3 is 0 Å². The van der Waals surface area contributed by atoms with Crippen molar-refractivity contribution in [2.75, 3.05) is 0 Å². The summed E-state index contributed by atoms with van der Waals surface area (Å²) in [4.78, 5) is 10.3. The van der Waals surface area contributed by atoms with Gasteiger partial charge in [-0.2, -0.15) is 4.91 Å². The van der Waals surface area contributed by atoms with E-state index in [1.54, 1.807) is 0 Å². The number of nitrogens with zero attached hydrogens (tertiary/aromatic N) is 1. The number of allylic oxidation sites excluding steroid dienone is 2. The second-order valence-electron chi connectivity index (χ2n) is 3.60. The first-order valence-electron chi connectivity index (χ1n) is 4.30. The minimum absolute atomic E-state index is 0.131. The number of hydrogen-bond acceptors (Lipinski definition) is 2. The Balaban J connectivity index is 2.70. The molecule has 1 fully saturated rings. The largest absolute Gasteiger partial charge is 0.150 e. The van der Waals surface area contributed by atoms with Crippen molar-refractivity contribution >= 4 is 0 Å². The topological polar surface area (TPSA) is 29.4 Å². The second kappa shape index (κ2) is 3.65. The minimum atomic E-state index is -0.131. The molecule has 0 amide bonds. The maximum absolute atomic E-state index is 10.3. The molecule has 0 aromatic carbocycles. The number of hydrogen-bond donors (Lipinski definition) is 0. The highest BCUT2D eigenvalue weighted by Gasteiger charge is 2.20. The zero-order chi connectivity index (χ0) is 9.14. The molecule has 1 saturated carbocycles. The lowest BCUT2D eigenvalue weighted by atomic mass is 9.86. The second-order valence-corrected chi connectivity index (χ2v) is 3.60. The van der Waals surface area contributed by atoms with Gasteiger partial charge in [-0.25, -0.2) is 0 Å². The Morgan fingerprint density at radius 3 is 2.67 bits per heavy atom. The standard InChI is InChI=1S/C10H15NO/c1-7(2)9-4-5-10(11-12)8(3)6-9/h10H,3-6H2,1-2H3. The minimum Gasteiger partial charge on any atom is -0.150 e. The average molecular weight is 165 g/mol. The Kier molecular flexibility index (Phi) is 2.79. The first-order chi connectivity index (χ1) is 5.65. The fourth-order valence-corrected chi connectivity index (χ4v) is 1.55. The lowest BCUT2D eigenvalue weighted by molar-refractivity contribution is 0.613. The van der Waals surface area contributed by atoms with Crippen LogP contribution in [0.5, 0.6) is 0 Å². The average Bonchev–Trinajstić information content (AvgIpc) is 2.04. The molecular weight excluding hydrogens is 150 g/mol. The van der Waals surface area contributed by atoms with E-state index in [9.17, 15) is 4.91 Å². The van der Waals surface area contributed by atoms with E-state index in [0.717, 1.165) is 24.8 Å². The van der Waals surface area contributed by atoms with Gasteiger partial charge in [0.15, 0.2) is 0 Å². The Hall–Kier alpha value is -0.920. The van der Waals surface area contributed by atoms with Gasteiger partial charge >= 0.3 is 0 Å². The highest BCUT2D eigenvalue weighted by Crippen LogP contribution is 2.30. The van der Waals surface area contributed by atoms with Crippen molar-refractivity contribution in [1.82, 2.24) is 0 Å². The molecular formula is C10H15NO. The molecule has 12 heavy (non-hydrogen) atoms. The van der Waals surface area contributed by atoms with Crippen molar-refractivity contribution in [2.45, 2.75) is 39.2 Å². The van der Waals surface area contributed by atoms with E-state index in [1.165, 1.54) is 11.1 Å². The first kappa shape index (κ1) is 9.17. The molecule has 1 aliphatic carbocycles. The van der Waals surface area contributed by atoms with Gasteiger partial charge in [-0.15, -0.1) is 0 Å². The van der Waals surface area contributed by atoms with Crippen molar-refractivity contribution < 1.29 is 0 Å². The molecule has 0 aromatic heterocycles. The molecule has 1 rings (SSSR count). The molecule has 0 radical (unpaired) electrons. The van der Waals surface area contributed by atoms with Crippen LogP contribution in [0.1, 0.15) is 33.1 Å². The zero-order valence-corrected chi connectivity index (χ0v) is 7.76. The van der Waals surface area contributed by atoms with Gasteiger partial charge in [0.05, 0.1) is 0 Å². The highest BCUT2D eigenvalue weighted by molar-refractivity contribution is 5.25. The van der Waals surface area contributed by atoms with Crippen molar-refractivity contribution in [3.8, 4) is 0 Å². The molecule has 0 spiro atoms. The van der Waals surface area contributed by atoms with E-state index in [1.807, 2.05) is 0 Å². The lowest BCUT2D eigenvalue weighted by Crippen LogP contribution is -2.14. The van der Waals surface area contributed by atoms with Crippen LogP contribution in [0.3, 0.4) is 0 Å². The summed E-state index contributed by atoms with van der Waals surface area (Å²) >= 11 is 0. The monoisotopic (exact) mass is 165 g/mol. The van der Waals surface area contributed by atoms with Gasteiger partial charge in [-0.05, 0) is 38.7 Å². The van der Waals surface area contributed by atoms with Gasteiger partial charge in [-0.3, -0.25) is 0 Å². The predicted octanol–water partition coefficient (Wildman–Crippen LogP) is 3.20. The Bertz CT molecular complexity index is 236. The molecule has 2 heteroatoms. The number of rotatable bonds is 1. The zero-order valence-electron chi connectivity index (χ0n) is 7.76. The van der Waals surface area contributed by atoms with Crippen LogP contribution in [0, 0.1) is 4.91 Å². The van der Waals surface area contributed by atoms with Crippen LogP contribution in [-0.2, 0) is 0 Å². The molecule has 0 aromatic rings. The summed E-state index contributed by atoms with van der Waals surface area (Å²) in [5.74, 6) is 0. The van der Waals surface area contributed by atoms with Crippen LogP contribution >= 0.6 is 0 Å². The SMILES string of the molecule is C=C1CC(=C(C)C)CCC1N=O. The summed E-state index contributed by atoms with van der Waals surface area (Å²) in [6.45, 7) is 8.09. The molecule has 2 nitrogen and oxygen atoms in total. The summed E-state index contributed by atoms with van der Waals surface area (Å²) < 4.78 is 0. The highest BCUT2D eigenvalue weighted by atomic mass is 16.3. The third-order valence-electron chi connectivity index (χ3n) is 2.47. The van der Waals surface area contributed by atoms with E-state index >= 15 is 0 Å². The van der Waals surface area contributed by atoms with Crippen LogP contribution in [0.2, 0.25) is 0 Å². The molecule has 1 atom stereocenters. The van der Waals surface area contributed by atoms with E-state index in [-0.39, 0.29) is 6.04 Å². The van der Waals surface area contributed by atoms with Crippen molar-refractivity contribution in [1.29, 1.82) is 0 Å². The summed E-state index contributed by atoms with van der Waals surface area (Å²) in [7, 11) is 0. The van der Waals surface area contributed by atoms with Crippen molar-refractivity contribution in [3.05, 3.63) is 28.2 Å². The Labute approximate surface area is 73.3 Å². The maximum Gasteiger partial charge on any atom is 0.113 e. The number of nitroso groups, excluding NO2 is 1. The van der Waals surface area contributed by atoms with Crippen molar-refractivity contribution in [3.63, 3.8) is 0 Å². The lowest BCUT2D eigenvalue weighted by Gasteiger charge is -2.22. The van der Waals surface area contributed by atoms with E-state index in [0.29, 0.717) is 0 Å². The summed E-state index contributed by atoms with van der Waals surface area (Å²) in [5, 5.41) is 3.05. The van der Waals surface area contributed by atoms with Gasteiger partial charge in [0.2, 0.25) is 0 Å². The quantitative estimate of drug-likeness (QED) is 0.433. The van der Waals surface area contributed by atoms with Gasteiger partial charge in [0.1, 0.15) is 6.04 Å². The van der Waals surface area contributed by atoms with E-state index in [4.69, 9.17) is 0 Å². The van der Waals surface area contributed by atoms with Crippen LogP contribution < -0.4 is 0 Å². The smallest absolute Gasteiger partial charge is 0.113 e. The van der Waals surface area contributed by atoms with Crippen LogP contribution in [-0.4, -0.2) is 6.04 Å². The van der Waals surface area contributed by atoms with E-state index < -0.39 is 0 Å². The predicted molar refractivity (Wildman–Crippen MR) is 50.9 cm³/mol. The van der Waals surface area contributed by atoms with Gasteiger partial charge in [-0.1, -0.05) is 22.9 Å².